The van der Waals surface area contributed by atoms with Gasteiger partial charge in [-0.25, -0.2) is 5.84 Å². The maximum atomic E-state index is 11.5. The van der Waals surface area contributed by atoms with Crippen molar-refractivity contribution in [1.82, 2.24) is 10.3 Å². The van der Waals surface area contributed by atoms with E-state index in [1.165, 1.54) is 19.3 Å². The van der Waals surface area contributed by atoms with E-state index in [1.54, 1.807) is 6.07 Å². The third-order valence-electron chi connectivity index (χ3n) is 3.94. The lowest BCUT2D eigenvalue weighted by Gasteiger charge is -2.37. The standard InChI is InChI=1S/C14H23N3O3/c1-10-11(8-13(20-10)14(19)16-15)9-17(6-3-7-18)12-4-2-5-12/h8,12,18H,2-7,9,15H2,1H3,(H,16,19). The van der Waals surface area contributed by atoms with Gasteiger partial charge in [-0.15, -0.1) is 0 Å². The molecule has 0 bridgehead atoms. The molecule has 0 aliphatic heterocycles. The van der Waals surface area contributed by atoms with Crippen molar-refractivity contribution >= 4 is 5.91 Å². The number of aliphatic hydroxyl groups excluding tert-OH is 1. The normalized spacial score (nSPS) is 15.4. The second-order valence-corrected chi connectivity index (χ2v) is 5.30. The van der Waals surface area contributed by atoms with Gasteiger partial charge in [0, 0.05) is 31.3 Å². The van der Waals surface area contributed by atoms with Crippen LogP contribution in [0, 0.1) is 6.92 Å². The van der Waals surface area contributed by atoms with Gasteiger partial charge >= 0.3 is 5.91 Å². The minimum Gasteiger partial charge on any atom is -0.456 e. The number of nitrogens with two attached hydrogens (primary N) is 1. The van der Waals surface area contributed by atoms with Gasteiger partial charge in [-0.05, 0) is 32.3 Å². The molecule has 1 aromatic rings. The Bertz CT molecular complexity index is 455. The maximum Gasteiger partial charge on any atom is 0.300 e. The summed E-state index contributed by atoms with van der Waals surface area (Å²) in [4.78, 5) is 13.8. The summed E-state index contributed by atoms with van der Waals surface area (Å²) in [6.07, 6.45) is 4.45. The fraction of sp³-hybridized carbons (Fsp3) is 0.643. The Hall–Kier alpha value is -1.37. The molecule has 20 heavy (non-hydrogen) atoms. The molecule has 1 fully saturated rings. The van der Waals surface area contributed by atoms with Crippen molar-refractivity contribution in [2.75, 3.05) is 13.2 Å². The molecule has 1 heterocycles. The molecule has 6 nitrogen and oxygen atoms in total. The summed E-state index contributed by atoms with van der Waals surface area (Å²) >= 11 is 0. The second-order valence-electron chi connectivity index (χ2n) is 5.30. The fourth-order valence-corrected chi connectivity index (χ4v) is 2.50. The van der Waals surface area contributed by atoms with Gasteiger partial charge in [-0.2, -0.15) is 0 Å². The van der Waals surface area contributed by atoms with E-state index in [2.05, 4.69) is 10.3 Å². The van der Waals surface area contributed by atoms with E-state index in [0.29, 0.717) is 6.04 Å². The minimum atomic E-state index is -0.412. The molecule has 1 aromatic heterocycles. The Labute approximate surface area is 118 Å². The molecule has 0 saturated heterocycles. The molecule has 1 aliphatic carbocycles. The first kappa shape index (κ1) is 15.0. The molecule has 1 aliphatic rings. The predicted molar refractivity (Wildman–Crippen MR) is 74.9 cm³/mol. The number of aliphatic hydroxyl groups is 1. The van der Waals surface area contributed by atoms with Gasteiger partial charge < -0.3 is 9.52 Å². The van der Waals surface area contributed by atoms with Gasteiger partial charge in [-0.1, -0.05) is 6.42 Å². The number of aryl methyl sites for hydroxylation is 1. The van der Waals surface area contributed by atoms with Crippen molar-refractivity contribution < 1.29 is 14.3 Å². The minimum absolute atomic E-state index is 0.203. The average molecular weight is 281 g/mol. The van der Waals surface area contributed by atoms with Crippen LogP contribution in [0.3, 0.4) is 0 Å². The summed E-state index contributed by atoms with van der Waals surface area (Å²) in [6, 6.07) is 2.34. The summed E-state index contributed by atoms with van der Waals surface area (Å²) in [5.74, 6) is 5.69. The van der Waals surface area contributed by atoms with E-state index >= 15 is 0 Å². The zero-order valence-electron chi connectivity index (χ0n) is 11.9. The van der Waals surface area contributed by atoms with Gasteiger partial charge in [0.2, 0.25) is 0 Å². The van der Waals surface area contributed by atoms with Crippen molar-refractivity contribution in [3.05, 3.63) is 23.2 Å². The number of hydrogen-bond donors (Lipinski definition) is 3. The number of carbonyl (C=O) groups is 1. The van der Waals surface area contributed by atoms with Crippen LogP contribution in [0.1, 0.15) is 47.6 Å². The quantitative estimate of drug-likeness (QED) is 0.393. The van der Waals surface area contributed by atoms with Gasteiger partial charge in [0.1, 0.15) is 5.76 Å². The predicted octanol–water partition coefficient (Wildman–Crippen LogP) is 0.928. The SMILES string of the molecule is Cc1oc(C(=O)NN)cc1CN(CCCO)C1CCC1. The van der Waals surface area contributed by atoms with E-state index < -0.39 is 5.91 Å². The maximum absolute atomic E-state index is 11.5. The molecule has 0 radical (unpaired) electrons. The Morgan fingerprint density at radius 1 is 1.60 bits per heavy atom. The Balaban J connectivity index is 2.05. The second kappa shape index (κ2) is 6.88. The molecule has 0 aromatic carbocycles. The summed E-state index contributed by atoms with van der Waals surface area (Å²) in [5, 5.41) is 9.01. The number of carbonyl (C=O) groups excluding carboxylic acids is 1. The highest BCUT2D eigenvalue weighted by atomic mass is 16.4. The van der Waals surface area contributed by atoms with Crippen LogP contribution in [0.5, 0.6) is 0 Å². The monoisotopic (exact) mass is 281 g/mol. The van der Waals surface area contributed by atoms with E-state index in [-0.39, 0.29) is 12.4 Å². The zero-order chi connectivity index (χ0) is 14.5. The average Bonchev–Trinajstić information content (AvgIpc) is 2.74. The molecule has 6 heteroatoms. The molecule has 2 rings (SSSR count). The van der Waals surface area contributed by atoms with Gasteiger partial charge in [-0.3, -0.25) is 15.1 Å². The highest BCUT2D eigenvalue weighted by Crippen LogP contribution is 2.27. The van der Waals surface area contributed by atoms with Gasteiger partial charge in [0.15, 0.2) is 5.76 Å². The summed E-state index contributed by atoms with van der Waals surface area (Å²) in [7, 11) is 0. The summed E-state index contributed by atoms with van der Waals surface area (Å²) in [6.45, 7) is 3.67. The zero-order valence-corrected chi connectivity index (χ0v) is 11.9. The van der Waals surface area contributed by atoms with Crippen molar-refractivity contribution in [2.45, 2.75) is 45.2 Å². The fourth-order valence-electron chi connectivity index (χ4n) is 2.50. The number of amides is 1. The lowest BCUT2D eigenvalue weighted by molar-refractivity contribution is 0.0924. The van der Waals surface area contributed by atoms with Crippen LogP contribution in [-0.4, -0.2) is 35.1 Å². The molecule has 0 unspecified atom stereocenters. The Kier molecular flexibility index (Phi) is 5.17. The number of nitrogens with zero attached hydrogens (tertiary/aromatic N) is 1. The van der Waals surface area contributed by atoms with E-state index in [4.69, 9.17) is 15.4 Å². The molecular formula is C14H23N3O3. The number of hydrazine groups is 1. The molecule has 4 N–H and O–H groups in total. The van der Waals surface area contributed by atoms with Crippen LogP contribution in [0.2, 0.25) is 0 Å². The molecule has 1 saturated carbocycles. The number of furan rings is 1. The van der Waals surface area contributed by atoms with Crippen molar-refractivity contribution in [2.24, 2.45) is 5.84 Å². The first-order valence-corrected chi connectivity index (χ1v) is 7.11. The highest BCUT2D eigenvalue weighted by molar-refractivity contribution is 5.91. The Morgan fingerprint density at radius 3 is 2.90 bits per heavy atom. The van der Waals surface area contributed by atoms with Crippen LogP contribution >= 0.6 is 0 Å². The number of rotatable bonds is 7. The first-order valence-electron chi connectivity index (χ1n) is 7.11. The molecular weight excluding hydrogens is 258 g/mol. The smallest absolute Gasteiger partial charge is 0.300 e. The van der Waals surface area contributed by atoms with Gasteiger partial charge in [0.05, 0.1) is 0 Å². The largest absolute Gasteiger partial charge is 0.456 e. The molecule has 1 amide bonds. The molecule has 112 valence electrons. The number of nitrogen functional groups attached to an aromatic ring is 1. The highest BCUT2D eigenvalue weighted by Gasteiger charge is 2.26. The van der Waals surface area contributed by atoms with Crippen molar-refractivity contribution in [3.63, 3.8) is 0 Å². The molecule has 0 spiro atoms. The lowest BCUT2D eigenvalue weighted by atomic mass is 9.91. The number of nitrogens with one attached hydrogen (secondary N) is 1. The van der Waals surface area contributed by atoms with Gasteiger partial charge in [0.25, 0.3) is 0 Å². The number of hydrogen-bond acceptors (Lipinski definition) is 5. The van der Waals surface area contributed by atoms with E-state index in [1.807, 2.05) is 6.92 Å². The van der Waals surface area contributed by atoms with Crippen molar-refractivity contribution in [1.29, 1.82) is 0 Å². The third kappa shape index (κ3) is 3.39. The van der Waals surface area contributed by atoms with Crippen LogP contribution in [0.15, 0.2) is 10.5 Å². The lowest BCUT2D eigenvalue weighted by Crippen LogP contribution is -2.40. The van der Waals surface area contributed by atoms with Crippen LogP contribution in [-0.2, 0) is 6.54 Å². The topological polar surface area (TPSA) is 91.7 Å². The summed E-state index contributed by atoms with van der Waals surface area (Å²) < 4.78 is 5.44. The van der Waals surface area contributed by atoms with E-state index in [0.717, 1.165) is 30.8 Å². The first-order chi connectivity index (χ1) is 9.65. The van der Waals surface area contributed by atoms with Crippen LogP contribution < -0.4 is 11.3 Å². The van der Waals surface area contributed by atoms with Crippen LogP contribution in [0.4, 0.5) is 0 Å². The summed E-state index contributed by atoms with van der Waals surface area (Å²) in [5.41, 5.74) is 3.08. The van der Waals surface area contributed by atoms with Crippen LogP contribution in [0.25, 0.3) is 0 Å². The van der Waals surface area contributed by atoms with E-state index in [9.17, 15) is 4.79 Å². The Morgan fingerprint density at radius 2 is 2.35 bits per heavy atom. The van der Waals surface area contributed by atoms with Crippen molar-refractivity contribution in [3.8, 4) is 0 Å². The third-order valence-corrected chi connectivity index (χ3v) is 3.94. The molecule has 0 atom stereocenters.